The van der Waals surface area contributed by atoms with Crippen LogP contribution in [0.2, 0.25) is 0 Å². The molecule has 3 aromatic rings. The number of aromatic nitrogens is 2. The average Bonchev–Trinajstić information content (AvgIpc) is 3.11. The van der Waals surface area contributed by atoms with Crippen LogP contribution in [-0.4, -0.2) is 21.4 Å². The zero-order valence-corrected chi connectivity index (χ0v) is 15.1. The van der Waals surface area contributed by atoms with Crippen LogP contribution in [0.4, 0.5) is 11.6 Å². The van der Waals surface area contributed by atoms with Gasteiger partial charge in [-0.15, -0.1) is 0 Å². The third-order valence-electron chi connectivity index (χ3n) is 4.85. The van der Waals surface area contributed by atoms with Gasteiger partial charge in [0.05, 0.1) is 11.7 Å². The second-order valence-corrected chi connectivity index (χ2v) is 6.85. The van der Waals surface area contributed by atoms with Crippen molar-refractivity contribution in [3.63, 3.8) is 0 Å². The molecule has 1 N–H and O–H groups in total. The number of hydrogen-bond acceptors (Lipinski definition) is 4. The predicted octanol–water partition coefficient (Wildman–Crippen LogP) is 4.87. The van der Waals surface area contributed by atoms with Crippen LogP contribution in [0.1, 0.15) is 35.8 Å². The highest BCUT2D eigenvalue weighted by Crippen LogP contribution is 2.32. The molecule has 3 heterocycles. The van der Waals surface area contributed by atoms with Gasteiger partial charge in [0.15, 0.2) is 0 Å². The Morgan fingerprint density at radius 2 is 1.69 bits per heavy atom. The summed E-state index contributed by atoms with van der Waals surface area (Å²) in [6, 6.07) is 23.3. The van der Waals surface area contributed by atoms with Crippen LogP contribution < -0.4 is 5.32 Å². The fourth-order valence-electron chi connectivity index (χ4n) is 3.62. The molecular formula is C22H24N4. The van der Waals surface area contributed by atoms with Crippen LogP contribution in [0.15, 0.2) is 66.7 Å². The van der Waals surface area contributed by atoms with Crippen molar-refractivity contribution < 1.29 is 0 Å². The number of likely N-dealkylation sites (tertiary alicyclic amines) is 1. The highest BCUT2D eigenvalue weighted by molar-refractivity contribution is 5.51. The van der Waals surface area contributed by atoms with Gasteiger partial charge in [0, 0.05) is 12.2 Å². The predicted molar refractivity (Wildman–Crippen MR) is 105 cm³/mol. The molecule has 1 saturated heterocycles. The summed E-state index contributed by atoms with van der Waals surface area (Å²) in [5, 5.41) is 3.33. The minimum atomic E-state index is 0.377. The van der Waals surface area contributed by atoms with Gasteiger partial charge in [0.2, 0.25) is 0 Å². The summed E-state index contributed by atoms with van der Waals surface area (Å²) in [4.78, 5) is 11.9. The first kappa shape index (κ1) is 16.7. The third kappa shape index (κ3) is 3.92. The Morgan fingerprint density at radius 3 is 2.50 bits per heavy atom. The Hall–Kier alpha value is -2.72. The highest BCUT2D eigenvalue weighted by atomic mass is 15.2. The molecule has 4 nitrogen and oxygen atoms in total. The van der Waals surface area contributed by atoms with Gasteiger partial charge in [-0.25, -0.2) is 9.97 Å². The van der Waals surface area contributed by atoms with Crippen molar-refractivity contribution in [1.29, 1.82) is 0 Å². The largest absolute Gasteiger partial charge is 0.325 e. The van der Waals surface area contributed by atoms with Crippen molar-refractivity contribution >= 4 is 11.6 Å². The molecule has 4 heteroatoms. The van der Waals surface area contributed by atoms with Gasteiger partial charge in [0.1, 0.15) is 11.6 Å². The lowest BCUT2D eigenvalue weighted by Gasteiger charge is -2.24. The van der Waals surface area contributed by atoms with E-state index in [9.17, 15) is 0 Å². The van der Waals surface area contributed by atoms with E-state index in [1.54, 1.807) is 0 Å². The lowest BCUT2D eigenvalue weighted by Crippen LogP contribution is -2.23. The maximum Gasteiger partial charge on any atom is 0.131 e. The van der Waals surface area contributed by atoms with E-state index in [0.29, 0.717) is 6.04 Å². The number of rotatable bonds is 5. The molecule has 1 fully saturated rings. The molecule has 1 aromatic carbocycles. The van der Waals surface area contributed by atoms with Gasteiger partial charge in [-0.2, -0.15) is 0 Å². The van der Waals surface area contributed by atoms with Crippen molar-refractivity contribution in [2.24, 2.45) is 0 Å². The quantitative estimate of drug-likeness (QED) is 0.717. The Kier molecular flexibility index (Phi) is 4.93. The van der Waals surface area contributed by atoms with E-state index >= 15 is 0 Å². The molecular weight excluding hydrogens is 320 g/mol. The van der Waals surface area contributed by atoms with Crippen molar-refractivity contribution in [2.75, 3.05) is 11.9 Å². The lowest BCUT2D eigenvalue weighted by molar-refractivity contribution is 0.244. The monoisotopic (exact) mass is 344 g/mol. The summed E-state index contributed by atoms with van der Waals surface area (Å²) in [5.74, 6) is 1.69. The van der Waals surface area contributed by atoms with Crippen LogP contribution in [0.25, 0.3) is 0 Å². The third-order valence-corrected chi connectivity index (χ3v) is 4.85. The minimum Gasteiger partial charge on any atom is -0.325 e. The maximum absolute atomic E-state index is 4.88. The van der Waals surface area contributed by atoms with Crippen LogP contribution in [-0.2, 0) is 6.54 Å². The number of nitrogens with one attached hydrogen (secondary N) is 1. The van der Waals surface area contributed by atoms with Crippen molar-refractivity contribution in [1.82, 2.24) is 14.9 Å². The first-order valence-corrected chi connectivity index (χ1v) is 9.23. The Balaban J connectivity index is 1.51. The normalized spacial score (nSPS) is 17.3. The van der Waals surface area contributed by atoms with E-state index in [0.717, 1.165) is 42.5 Å². The number of aryl methyl sites for hydroxylation is 1. The van der Waals surface area contributed by atoms with Crippen molar-refractivity contribution in [2.45, 2.75) is 32.4 Å². The summed E-state index contributed by atoms with van der Waals surface area (Å²) in [7, 11) is 0. The van der Waals surface area contributed by atoms with E-state index in [1.807, 2.05) is 31.2 Å². The lowest BCUT2D eigenvalue weighted by atomic mass is 10.1. The fourth-order valence-corrected chi connectivity index (χ4v) is 3.62. The van der Waals surface area contributed by atoms with Crippen LogP contribution >= 0.6 is 0 Å². The van der Waals surface area contributed by atoms with E-state index in [2.05, 4.69) is 57.7 Å². The van der Waals surface area contributed by atoms with E-state index < -0.39 is 0 Å². The molecule has 0 unspecified atom stereocenters. The summed E-state index contributed by atoms with van der Waals surface area (Å²) in [5.41, 5.74) is 3.49. The second kappa shape index (κ2) is 7.67. The standard InChI is InChI=1S/C22H24N4/c1-17-8-5-13-21(23-17)25-22-14-6-11-19(24-22)20-12-7-15-26(20)16-18-9-3-2-4-10-18/h2-6,8-11,13-14,20H,7,12,15-16H2,1H3,(H,23,24,25)/t20-/m1/s1. The SMILES string of the molecule is Cc1cccc(Nc2cccc([C@H]3CCCN3Cc3ccccc3)n2)n1. The topological polar surface area (TPSA) is 41.0 Å². The number of hydrogen-bond donors (Lipinski definition) is 1. The highest BCUT2D eigenvalue weighted by Gasteiger charge is 2.27. The minimum absolute atomic E-state index is 0.377. The second-order valence-electron chi connectivity index (χ2n) is 6.85. The van der Waals surface area contributed by atoms with Gasteiger partial charge >= 0.3 is 0 Å². The van der Waals surface area contributed by atoms with Crippen molar-refractivity contribution in [3.05, 3.63) is 83.7 Å². The summed E-state index contributed by atoms with van der Waals surface area (Å²) in [6.07, 6.45) is 2.38. The first-order valence-electron chi connectivity index (χ1n) is 9.23. The van der Waals surface area contributed by atoms with Crippen LogP contribution in [0, 0.1) is 6.92 Å². The Morgan fingerprint density at radius 1 is 0.923 bits per heavy atom. The molecule has 1 aliphatic rings. The fraction of sp³-hybridized carbons (Fsp3) is 0.273. The molecule has 0 amide bonds. The molecule has 0 radical (unpaired) electrons. The number of benzene rings is 1. The number of anilines is 2. The molecule has 26 heavy (non-hydrogen) atoms. The smallest absolute Gasteiger partial charge is 0.131 e. The zero-order chi connectivity index (χ0) is 17.8. The first-order chi connectivity index (χ1) is 12.8. The Bertz CT molecular complexity index is 863. The van der Waals surface area contributed by atoms with Gasteiger partial charge in [-0.05, 0) is 56.1 Å². The van der Waals surface area contributed by atoms with E-state index in [-0.39, 0.29) is 0 Å². The molecule has 1 atom stereocenters. The van der Waals surface area contributed by atoms with E-state index in [4.69, 9.17) is 4.98 Å². The van der Waals surface area contributed by atoms with Crippen LogP contribution in [0.3, 0.4) is 0 Å². The number of pyridine rings is 2. The molecule has 0 bridgehead atoms. The van der Waals surface area contributed by atoms with Crippen LogP contribution in [0.5, 0.6) is 0 Å². The molecule has 0 aliphatic carbocycles. The summed E-state index contributed by atoms with van der Waals surface area (Å²) in [6.45, 7) is 4.09. The van der Waals surface area contributed by atoms with Crippen molar-refractivity contribution in [3.8, 4) is 0 Å². The Labute approximate surface area is 154 Å². The molecule has 4 rings (SSSR count). The molecule has 0 saturated carbocycles. The zero-order valence-electron chi connectivity index (χ0n) is 15.1. The average molecular weight is 344 g/mol. The molecule has 132 valence electrons. The van der Waals surface area contributed by atoms with Gasteiger partial charge in [0.25, 0.3) is 0 Å². The van der Waals surface area contributed by atoms with Gasteiger partial charge in [-0.3, -0.25) is 4.90 Å². The van der Waals surface area contributed by atoms with Gasteiger partial charge < -0.3 is 5.32 Å². The molecule has 0 spiro atoms. The maximum atomic E-state index is 4.88. The summed E-state index contributed by atoms with van der Waals surface area (Å²) < 4.78 is 0. The van der Waals surface area contributed by atoms with Gasteiger partial charge in [-0.1, -0.05) is 42.5 Å². The van der Waals surface area contributed by atoms with E-state index in [1.165, 1.54) is 12.0 Å². The number of nitrogens with zero attached hydrogens (tertiary/aromatic N) is 3. The molecule has 1 aliphatic heterocycles. The molecule has 2 aromatic heterocycles. The summed E-state index contributed by atoms with van der Waals surface area (Å²) >= 11 is 0.